The van der Waals surface area contributed by atoms with Crippen molar-refractivity contribution in [2.24, 2.45) is 7.05 Å². The SMILES string of the molecule is CN(CC(=O)NC(C)(C)C)C(=O)Cn1cnc2c(c(Br)nn2C)c1=O. The zero-order chi connectivity index (χ0) is 18.9. The van der Waals surface area contributed by atoms with E-state index in [4.69, 9.17) is 0 Å². The number of hydrogen-bond acceptors (Lipinski definition) is 5. The summed E-state index contributed by atoms with van der Waals surface area (Å²) in [4.78, 5) is 42.2. The first-order valence-electron chi connectivity index (χ1n) is 7.62. The molecule has 1 N–H and O–H groups in total. The maximum absolute atomic E-state index is 12.5. The van der Waals surface area contributed by atoms with E-state index in [0.29, 0.717) is 15.6 Å². The number of rotatable bonds is 4. The van der Waals surface area contributed by atoms with Crippen LogP contribution in [0.2, 0.25) is 0 Å². The van der Waals surface area contributed by atoms with Crippen LogP contribution in [0, 0.1) is 0 Å². The number of carbonyl (C=O) groups is 2. The third-order valence-corrected chi connectivity index (χ3v) is 3.95. The highest BCUT2D eigenvalue weighted by Gasteiger charge is 2.19. The first kappa shape index (κ1) is 19.1. The summed E-state index contributed by atoms with van der Waals surface area (Å²) in [6.45, 7) is 5.29. The van der Waals surface area contributed by atoms with Gasteiger partial charge in [-0.05, 0) is 36.7 Å². The molecule has 25 heavy (non-hydrogen) atoms. The van der Waals surface area contributed by atoms with E-state index in [-0.39, 0.29) is 36.0 Å². The maximum Gasteiger partial charge on any atom is 0.266 e. The predicted octanol–water partition coefficient (Wildman–Crippen LogP) is 0.266. The molecule has 10 heteroatoms. The molecule has 0 bridgehead atoms. The molecule has 2 amide bonds. The summed E-state index contributed by atoms with van der Waals surface area (Å²) >= 11 is 3.22. The molecule has 0 unspecified atom stereocenters. The average molecular weight is 413 g/mol. The Hall–Kier alpha value is -2.23. The lowest BCUT2D eigenvalue weighted by Gasteiger charge is -2.23. The highest BCUT2D eigenvalue weighted by atomic mass is 79.9. The van der Waals surface area contributed by atoms with Gasteiger partial charge in [-0.25, -0.2) is 9.67 Å². The van der Waals surface area contributed by atoms with Crippen LogP contribution in [0.1, 0.15) is 20.8 Å². The molecule has 0 aromatic carbocycles. The van der Waals surface area contributed by atoms with Crippen molar-refractivity contribution in [3.05, 3.63) is 21.3 Å². The van der Waals surface area contributed by atoms with Gasteiger partial charge in [0, 0.05) is 19.6 Å². The molecule has 2 heterocycles. The molecule has 0 aliphatic rings. The van der Waals surface area contributed by atoms with Gasteiger partial charge >= 0.3 is 0 Å². The minimum Gasteiger partial charge on any atom is -0.350 e. The molecule has 0 aliphatic heterocycles. The van der Waals surface area contributed by atoms with E-state index in [1.807, 2.05) is 20.8 Å². The Kier molecular flexibility index (Phi) is 5.31. The largest absolute Gasteiger partial charge is 0.350 e. The van der Waals surface area contributed by atoms with Gasteiger partial charge in [0.05, 0.1) is 6.54 Å². The predicted molar refractivity (Wildman–Crippen MR) is 96.0 cm³/mol. The first-order chi connectivity index (χ1) is 11.5. The van der Waals surface area contributed by atoms with Gasteiger partial charge in [0.2, 0.25) is 11.8 Å². The van der Waals surface area contributed by atoms with Crippen LogP contribution in [0.4, 0.5) is 0 Å². The van der Waals surface area contributed by atoms with Crippen LogP contribution in [0.5, 0.6) is 0 Å². The number of carbonyl (C=O) groups excluding carboxylic acids is 2. The van der Waals surface area contributed by atoms with E-state index in [1.165, 1.54) is 27.5 Å². The highest BCUT2D eigenvalue weighted by Crippen LogP contribution is 2.16. The molecule has 2 rings (SSSR count). The summed E-state index contributed by atoms with van der Waals surface area (Å²) in [5.74, 6) is -0.633. The van der Waals surface area contributed by atoms with Crippen LogP contribution in [0.3, 0.4) is 0 Å². The van der Waals surface area contributed by atoms with Crippen molar-refractivity contribution >= 4 is 38.8 Å². The van der Waals surface area contributed by atoms with Gasteiger partial charge in [0.25, 0.3) is 5.56 Å². The number of hydrogen-bond donors (Lipinski definition) is 1. The van der Waals surface area contributed by atoms with Crippen molar-refractivity contribution in [3.8, 4) is 0 Å². The number of halogens is 1. The van der Waals surface area contributed by atoms with E-state index in [2.05, 4.69) is 31.3 Å². The van der Waals surface area contributed by atoms with Gasteiger partial charge in [0.1, 0.15) is 22.9 Å². The van der Waals surface area contributed by atoms with E-state index >= 15 is 0 Å². The molecule has 2 aromatic rings. The molecule has 0 atom stereocenters. The second-order valence-corrected chi connectivity index (χ2v) is 7.59. The Morgan fingerprint density at radius 2 is 2.00 bits per heavy atom. The fourth-order valence-corrected chi connectivity index (χ4v) is 2.86. The van der Waals surface area contributed by atoms with Crippen molar-refractivity contribution in [2.75, 3.05) is 13.6 Å². The van der Waals surface area contributed by atoms with Crippen LogP contribution in [-0.2, 0) is 23.2 Å². The van der Waals surface area contributed by atoms with Crippen molar-refractivity contribution in [2.45, 2.75) is 32.9 Å². The quantitative estimate of drug-likeness (QED) is 0.775. The van der Waals surface area contributed by atoms with Crippen LogP contribution in [0.25, 0.3) is 11.0 Å². The minimum absolute atomic E-state index is 0.0862. The van der Waals surface area contributed by atoms with Gasteiger partial charge in [-0.2, -0.15) is 5.10 Å². The monoisotopic (exact) mass is 412 g/mol. The van der Waals surface area contributed by atoms with Crippen molar-refractivity contribution in [3.63, 3.8) is 0 Å². The summed E-state index contributed by atoms with van der Waals surface area (Å²) in [6.07, 6.45) is 1.31. The maximum atomic E-state index is 12.5. The normalized spacial score (nSPS) is 11.6. The third kappa shape index (κ3) is 4.44. The second kappa shape index (κ2) is 6.95. The number of amides is 2. The van der Waals surface area contributed by atoms with Crippen molar-refractivity contribution in [1.29, 1.82) is 0 Å². The van der Waals surface area contributed by atoms with E-state index in [0.717, 1.165) is 0 Å². The van der Waals surface area contributed by atoms with E-state index in [9.17, 15) is 14.4 Å². The van der Waals surface area contributed by atoms with Crippen LogP contribution in [0.15, 0.2) is 15.7 Å². The molecule has 9 nitrogen and oxygen atoms in total. The summed E-state index contributed by atoms with van der Waals surface area (Å²) in [5.41, 5.74) is -0.316. The Morgan fingerprint density at radius 1 is 1.36 bits per heavy atom. The lowest BCUT2D eigenvalue weighted by molar-refractivity contribution is -0.135. The Balaban J connectivity index is 2.14. The molecular weight excluding hydrogens is 392 g/mol. The summed E-state index contributed by atoms with van der Waals surface area (Å²) in [6, 6.07) is 0. The third-order valence-electron chi connectivity index (χ3n) is 3.39. The summed E-state index contributed by atoms with van der Waals surface area (Å²) in [5, 5.41) is 7.18. The van der Waals surface area contributed by atoms with Gasteiger partial charge < -0.3 is 10.2 Å². The zero-order valence-electron chi connectivity index (χ0n) is 14.8. The van der Waals surface area contributed by atoms with Crippen LogP contribution >= 0.6 is 15.9 Å². The highest BCUT2D eigenvalue weighted by molar-refractivity contribution is 9.10. The van der Waals surface area contributed by atoms with Crippen LogP contribution in [-0.4, -0.2) is 55.2 Å². The van der Waals surface area contributed by atoms with E-state index < -0.39 is 0 Å². The molecule has 0 aliphatic carbocycles. The summed E-state index contributed by atoms with van der Waals surface area (Å²) < 4.78 is 3.06. The molecule has 2 aromatic heterocycles. The number of likely N-dealkylation sites (N-methyl/N-ethyl adjacent to an activating group) is 1. The molecule has 0 spiro atoms. The first-order valence-corrected chi connectivity index (χ1v) is 8.41. The van der Waals surface area contributed by atoms with Gasteiger partial charge in [-0.15, -0.1) is 0 Å². The van der Waals surface area contributed by atoms with Gasteiger partial charge in [0.15, 0.2) is 5.65 Å². The average Bonchev–Trinajstić information content (AvgIpc) is 2.74. The second-order valence-electron chi connectivity index (χ2n) is 6.84. The van der Waals surface area contributed by atoms with Gasteiger partial charge in [-0.3, -0.25) is 19.0 Å². The van der Waals surface area contributed by atoms with Gasteiger partial charge in [-0.1, -0.05) is 0 Å². The fraction of sp³-hybridized carbons (Fsp3) is 0.533. The van der Waals surface area contributed by atoms with Crippen molar-refractivity contribution in [1.82, 2.24) is 29.5 Å². The Bertz CT molecular complexity index is 880. The molecule has 136 valence electrons. The number of fused-ring (bicyclic) bond motifs is 1. The standard InChI is InChI=1S/C15H21BrN6O3/c1-15(2,3)18-9(23)6-20(4)10(24)7-22-8-17-13-11(14(22)25)12(16)19-21(13)5/h8H,6-7H2,1-5H3,(H,18,23). The minimum atomic E-state index is -0.376. The zero-order valence-corrected chi connectivity index (χ0v) is 16.4. The lowest BCUT2D eigenvalue weighted by Crippen LogP contribution is -2.47. The Morgan fingerprint density at radius 3 is 2.60 bits per heavy atom. The number of nitrogens with one attached hydrogen (secondary N) is 1. The molecule has 0 fully saturated rings. The molecular formula is C15H21BrN6O3. The molecule has 0 saturated carbocycles. The van der Waals surface area contributed by atoms with Crippen molar-refractivity contribution < 1.29 is 9.59 Å². The number of aromatic nitrogens is 4. The van der Waals surface area contributed by atoms with E-state index in [1.54, 1.807) is 7.05 Å². The number of nitrogens with zero attached hydrogens (tertiary/aromatic N) is 5. The topological polar surface area (TPSA) is 102 Å². The molecule has 0 radical (unpaired) electrons. The number of aryl methyl sites for hydroxylation is 1. The van der Waals surface area contributed by atoms with Crippen LogP contribution < -0.4 is 10.9 Å². The smallest absolute Gasteiger partial charge is 0.266 e. The fourth-order valence-electron chi connectivity index (χ4n) is 2.28. The lowest BCUT2D eigenvalue weighted by atomic mass is 10.1. The Labute approximate surface area is 153 Å². The summed E-state index contributed by atoms with van der Waals surface area (Å²) in [7, 11) is 3.19. The molecule has 0 saturated heterocycles.